The number of carbonyl (C=O) groups excluding carboxylic acids is 1. The van der Waals surface area contributed by atoms with Crippen LogP contribution in [0.2, 0.25) is 0 Å². The molecule has 0 amide bonds. The Morgan fingerprint density at radius 3 is 2.32 bits per heavy atom. The molecule has 0 saturated heterocycles. The van der Waals surface area contributed by atoms with Crippen LogP contribution in [0, 0.1) is 5.21 Å². The molecule has 1 rings (SSSR count). The van der Waals surface area contributed by atoms with Gasteiger partial charge in [0.15, 0.2) is 7.05 Å². The summed E-state index contributed by atoms with van der Waals surface area (Å²) < 4.78 is 36.8. The van der Waals surface area contributed by atoms with Crippen molar-refractivity contribution in [3.8, 4) is 0 Å². The predicted molar refractivity (Wildman–Crippen MR) is 79.4 cm³/mol. The summed E-state index contributed by atoms with van der Waals surface area (Å²) in [5.74, 6) is -3.24. The smallest absolute Gasteiger partial charge is 0.490 e. The molecule has 0 aliphatic rings. The van der Waals surface area contributed by atoms with Gasteiger partial charge in [0.1, 0.15) is 19.2 Å². The molecule has 0 radical (unpaired) electrons. The van der Waals surface area contributed by atoms with E-state index in [1.165, 1.54) is 7.05 Å². The molecule has 140 valence electrons. The molecule has 0 saturated carbocycles. The lowest BCUT2D eigenvalue weighted by Gasteiger charge is -2.09. The molecule has 25 heavy (non-hydrogen) atoms. The number of carboxylic acids is 1. The molecule has 11 heteroatoms. The molecule has 3 N–H and O–H groups in total. The fourth-order valence-corrected chi connectivity index (χ4v) is 1.29. The lowest BCUT2D eigenvalue weighted by Crippen LogP contribution is -2.33. The lowest BCUT2D eigenvalue weighted by atomic mass is 10.2. The number of nitrogens with two attached hydrogens (primary N) is 1. The highest BCUT2D eigenvalue weighted by Gasteiger charge is 2.38. The number of alkyl halides is 3. The molecule has 8 nitrogen and oxygen atoms in total. The van der Waals surface area contributed by atoms with Crippen LogP contribution >= 0.6 is 0 Å². The number of aliphatic carboxylic acids is 1. The number of carbonyl (C=O) groups is 2. The summed E-state index contributed by atoms with van der Waals surface area (Å²) in [5.41, 5.74) is 6.52. The Kier molecular flexibility index (Phi) is 9.79. The zero-order valence-electron chi connectivity index (χ0n) is 13.3. The molecule has 0 spiro atoms. The molecule has 1 aromatic rings. The van der Waals surface area contributed by atoms with Gasteiger partial charge in [0, 0.05) is 0 Å². The van der Waals surface area contributed by atoms with E-state index in [4.69, 9.17) is 20.4 Å². The number of rotatable bonds is 6. The minimum absolute atomic E-state index is 0.200. The Hall–Kier alpha value is -2.69. The van der Waals surface area contributed by atoms with Crippen LogP contribution in [0.3, 0.4) is 0 Å². The van der Waals surface area contributed by atoms with Crippen molar-refractivity contribution in [1.82, 2.24) is 0 Å². The second-order valence-corrected chi connectivity index (χ2v) is 4.62. The van der Waals surface area contributed by atoms with Gasteiger partial charge in [0.2, 0.25) is 0 Å². The molecule has 1 atom stereocenters. The van der Waals surface area contributed by atoms with Gasteiger partial charge in [-0.25, -0.2) is 4.79 Å². The average molecular weight is 365 g/mol. The van der Waals surface area contributed by atoms with E-state index < -0.39 is 24.2 Å². The predicted octanol–water partition coefficient (Wildman–Crippen LogP) is 1.67. The Morgan fingerprint density at radius 1 is 1.36 bits per heavy atom. The van der Waals surface area contributed by atoms with Gasteiger partial charge in [-0.1, -0.05) is 30.3 Å². The Labute approximate surface area is 141 Å². The van der Waals surface area contributed by atoms with Crippen molar-refractivity contribution in [3.05, 3.63) is 41.1 Å². The zero-order valence-corrected chi connectivity index (χ0v) is 13.3. The van der Waals surface area contributed by atoms with Crippen molar-refractivity contribution >= 4 is 11.9 Å². The first-order valence-corrected chi connectivity index (χ1v) is 6.88. The minimum Gasteiger partial charge on any atom is -0.600 e. The molecule has 1 aromatic carbocycles. The van der Waals surface area contributed by atoms with E-state index in [9.17, 15) is 23.2 Å². The molecule has 0 aromatic heterocycles. The van der Waals surface area contributed by atoms with Gasteiger partial charge in [0.05, 0.1) is 0 Å². The number of azo groups is 1. The first-order valence-electron chi connectivity index (χ1n) is 6.88. The number of hydrogen-bond acceptors (Lipinski definition) is 6. The van der Waals surface area contributed by atoms with Crippen LogP contribution in [0.25, 0.3) is 0 Å². The summed E-state index contributed by atoms with van der Waals surface area (Å²) in [4.78, 5) is 20.9. The van der Waals surface area contributed by atoms with E-state index in [0.29, 0.717) is 11.3 Å². The third-order valence-electron chi connectivity index (χ3n) is 2.51. The van der Waals surface area contributed by atoms with Gasteiger partial charge in [0.25, 0.3) is 0 Å². The number of carboxylic acid groups (broad SMARTS) is 1. The summed E-state index contributed by atoms with van der Waals surface area (Å²) in [6.45, 7) is 0.410. The van der Waals surface area contributed by atoms with Crippen LogP contribution in [-0.4, -0.2) is 47.7 Å². The van der Waals surface area contributed by atoms with Crippen molar-refractivity contribution in [2.45, 2.75) is 25.2 Å². The lowest BCUT2D eigenvalue weighted by molar-refractivity contribution is -0.499. The molecule has 0 unspecified atom stereocenters. The van der Waals surface area contributed by atoms with Crippen LogP contribution in [-0.2, 0) is 20.9 Å². The number of nitrogens with zero attached hydrogens (tertiary/aromatic N) is 2. The first kappa shape index (κ1) is 22.3. The third-order valence-corrected chi connectivity index (χ3v) is 2.51. The summed E-state index contributed by atoms with van der Waals surface area (Å²) in [6, 6.07) is 8.59. The highest BCUT2D eigenvalue weighted by atomic mass is 19.4. The summed E-state index contributed by atoms with van der Waals surface area (Å²) in [5, 5.41) is 21.2. The molecule has 0 aliphatic heterocycles. The maximum Gasteiger partial charge on any atom is 0.490 e. The maximum absolute atomic E-state index is 11.5. The third kappa shape index (κ3) is 11.5. The molecule has 0 fully saturated rings. The number of hydroxylamine groups is 1. The number of ether oxygens (including phenoxy) is 1. The maximum atomic E-state index is 11.5. The van der Waals surface area contributed by atoms with E-state index in [2.05, 4.69) is 5.11 Å². The molecule has 0 aliphatic carbocycles. The Balaban J connectivity index is 0.000000697. The summed E-state index contributed by atoms with van der Waals surface area (Å²) in [7, 11) is 1.28. The highest BCUT2D eigenvalue weighted by Crippen LogP contribution is 2.13. The topological polar surface area (TPSA) is 128 Å². The van der Waals surface area contributed by atoms with E-state index in [0.717, 1.165) is 5.56 Å². The fraction of sp³-hybridized carbons (Fsp3) is 0.429. The molecular weight excluding hydrogens is 347 g/mol. The van der Waals surface area contributed by atoms with Gasteiger partial charge in [-0.15, -0.1) is 4.86 Å². The van der Waals surface area contributed by atoms with E-state index in [-0.39, 0.29) is 13.2 Å². The Morgan fingerprint density at radius 2 is 1.88 bits per heavy atom. The standard InChI is InChI=1S/C12H17N3O3.C2HF3O2/c1-15(17)14-8-7-11(13)12(16)18-9-10-5-3-2-4-6-10;3-2(4,5)1(6)7/h2-6,11H,7-9,13H2,1H3;(H,6,7)/t11-;/m0./s1. The number of esters is 1. The largest absolute Gasteiger partial charge is 0.600 e. The van der Waals surface area contributed by atoms with Crippen LogP contribution in [0.5, 0.6) is 0 Å². The van der Waals surface area contributed by atoms with Gasteiger partial charge < -0.3 is 20.8 Å². The molecule has 0 bridgehead atoms. The monoisotopic (exact) mass is 365 g/mol. The quantitative estimate of drug-likeness (QED) is 0.342. The van der Waals surface area contributed by atoms with Gasteiger partial charge in [-0.2, -0.15) is 13.2 Å². The normalized spacial score (nSPS) is 12.6. The fourth-order valence-electron chi connectivity index (χ4n) is 1.29. The van der Waals surface area contributed by atoms with Crippen LogP contribution in [0.4, 0.5) is 13.2 Å². The van der Waals surface area contributed by atoms with E-state index in [1.807, 2.05) is 30.3 Å². The second kappa shape index (κ2) is 11.0. The number of benzene rings is 1. The van der Waals surface area contributed by atoms with Crippen LogP contribution in [0.15, 0.2) is 35.4 Å². The minimum atomic E-state index is -5.08. The van der Waals surface area contributed by atoms with Crippen molar-refractivity contribution < 1.29 is 37.5 Å². The van der Waals surface area contributed by atoms with Gasteiger partial charge in [-0.05, 0) is 17.1 Å². The van der Waals surface area contributed by atoms with Crippen molar-refractivity contribution in [2.24, 2.45) is 10.8 Å². The van der Waals surface area contributed by atoms with E-state index >= 15 is 0 Å². The number of halogens is 3. The summed E-state index contributed by atoms with van der Waals surface area (Å²) >= 11 is 0. The Bertz CT molecular complexity index is 575. The highest BCUT2D eigenvalue weighted by molar-refractivity contribution is 5.75. The van der Waals surface area contributed by atoms with Gasteiger partial charge >= 0.3 is 18.1 Å². The van der Waals surface area contributed by atoms with Crippen LogP contribution < -0.4 is 5.73 Å². The summed E-state index contributed by atoms with van der Waals surface area (Å²) in [6.07, 6.45) is -4.79. The van der Waals surface area contributed by atoms with E-state index in [1.54, 1.807) is 0 Å². The average Bonchev–Trinajstić information content (AvgIpc) is 2.52. The van der Waals surface area contributed by atoms with Crippen LogP contribution in [0.1, 0.15) is 12.0 Å². The molecular formula is C14H18F3N3O5. The second-order valence-electron chi connectivity index (χ2n) is 4.62. The SMILES string of the molecule is C[N+]([O-])=NCC[C@H](N)C(=O)OCc1ccccc1.O=C(O)C(F)(F)F. The van der Waals surface area contributed by atoms with Crippen molar-refractivity contribution in [2.75, 3.05) is 13.6 Å². The zero-order chi connectivity index (χ0) is 19.5. The van der Waals surface area contributed by atoms with Gasteiger partial charge in [-0.3, -0.25) is 4.79 Å². The number of hydrogen-bond donors (Lipinski definition) is 2. The first-order chi connectivity index (χ1) is 11.5. The van der Waals surface area contributed by atoms with Crippen molar-refractivity contribution in [3.63, 3.8) is 0 Å². The molecule has 0 heterocycles. The van der Waals surface area contributed by atoms with Crippen molar-refractivity contribution in [1.29, 1.82) is 0 Å².